The lowest BCUT2D eigenvalue weighted by Gasteiger charge is -2.18. The van der Waals surface area contributed by atoms with Gasteiger partial charge in [0.25, 0.3) is 0 Å². The minimum Gasteiger partial charge on any atom is -0.392 e. The van der Waals surface area contributed by atoms with Crippen LogP contribution in [0.3, 0.4) is 0 Å². The Morgan fingerprint density at radius 1 is 1.61 bits per heavy atom. The molecule has 18 heavy (non-hydrogen) atoms. The first kappa shape index (κ1) is 12.9. The number of hydrogen-bond acceptors (Lipinski definition) is 6. The van der Waals surface area contributed by atoms with Crippen LogP contribution in [-0.4, -0.2) is 61.4 Å². The second kappa shape index (κ2) is 5.42. The zero-order chi connectivity index (χ0) is 13.1. The summed E-state index contributed by atoms with van der Waals surface area (Å²) in [5, 5.41) is 29.9. The smallest absolute Gasteiger partial charge is 0.392 e. The molecule has 0 amide bonds. The van der Waals surface area contributed by atoms with E-state index in [1.165, 1.54) is 17.0 Å². The highest BCUT2D eigenvalue weighted by atomic mass is 16.6. The zero-order valence-corrected chi connectivity index (χ0v) is 9.84. The van der Waals surface area contributed by atoms with Crippen molar-refractivity contribution in [3.8, 4) is 0 Å². The number of nitro groups is 1. The zero-order valence-electron chi connectivity index (χ0n) is 9.84. The van der Waals surface area contributed by atoms with E-state index in [4.69, 9.17) is 0 Å². The third kappa shape index (κ3) is 3.03. The van der Waals surface area contributed by atoms with Crippen molar-refractivity contribution < 1.29 is 15.1 Å². The van der Waals surface area contributed by atoms with Crippen molar-refractivity contribution in [3.05, 3.63) is 22.5 Å². The van der Waals surface area contributed by atoms with Gasteiger partial charge in [0, 0.05) is 19.6 Å². The van der Waals surface area contributed by atoms with Gasteiger partial charge in [0.2, 0.25) is 0 Å². The van der Waals surface area contributed by atoms with Crippen LogP contribution in [0.5, 0.6) is 0 Å². The van der Waals surface area contributed by atoms with Crippen molar-refractivity contribution in [2.45, 2.75) is 25.2 Å². The van der Waals surface area contributed by atoms with Crippen LogP contribution in [0.4, 0.5) is 5.95 Å². The first-order valence-electron chi connectivity index (χ1n) is 5.80. The van der Waals surface area contributed by atoms with E-state index in [2.05, 4.69) is 4.98 Å². The van der Waals surface area contributed by atoms with Gasteiger partial charge in [-0.05, 0) is 11.3 Å². The molecule has 0 spiro atoms. The molecule has 0 radical (unpaired) electrons. The number of aromatic nitrogens is 2. The summed E-state index contributed by atoms with van der Waals surface area (Å²) in [6.07, 6.45) is 2.46. The van der Waals surface area contributed by atoms with E-state index < -0.39 is 11.0 Å². The Labute approximate surface area is 104 Å². The van der Waals surface area contributed by atoms with Crippen molar-refractivity contribution in [1.82, 2.24) is 14.5 Å². The highest BCUT2D eigenvalue weighted by Crippen LogP contribution is 2.12. The molecule has 8 heteroatoms. The van der Waals surface area contributed by atoms with Crippen LogP contribution in [0.15, 0.2) is 12.4 Å². The van der Waals surface area contributed by atoms with Gasteiger partial charge in [-0.15, -0.1) is 0 Å². The van der Waals surface area contributed by atoms with Crippen molar-refractivity contribution >= 4 is 5.95 Å². The summed E-state index contributed by atoms with van der Waals surface area (Å²) in [5.74, 6) is -0.268. The van der Waals surface area contributed by atoms with Gasteiger partial charge >= 0.3 is 5.95 Å². The van der Waals surface area contributed by atoms with E-state index >= 15 is 0 Å². The summed E-state index contributed by atoms with van der Waals surface area (Å²) in [7, 11) is 0. The first-order valence-corrected chi connectivity index (χ1v) is 5.80. The number of likely N-dealkylation sites (tertiary alicyclic amines) is 1. The minimum atomic E-state index is -0.719. The van der Waals surface area contributed by atoms with E-state index in [0.717, 1.165) is 6.54 Å². The van der Waals surface area contributed by atoms with Gasteiger partial charge in [-0.25, -0.2) is 4.57 Å². The predicted molar refractivity (Wildman–Crippen MR) is 62.0 cm³/mol. The molecule has 0 aliphatic carbocycles. The summed E-state index contributed by atoms with van der Waals surface area (Å²) in [6.45, 7) is 1.81. The van der Waals surface area contributed by atoms with Crippen LogP contribution in [0.25, 0.3) is 0 Å². The predicted octanol–water partition coefficient (Wildman–Crippen LogP) is -0.781. The minimum absolute atomic E-state index is 0.128. The van der Waals surface area contributed by atoms with Gasteiger partial charge in [-0.1, -0.05) is 4.98 Å². The van der Waals surface area contributed by atoms with E-state index in [-0.39, 0.29) is 18.6 Å². The maximum atomic E-state index is 10.6. The summed E-state index contributed by atoms with van der Waals surface area (Å²) < 4.78 is 1.32. The number of imidazole rings is 1. The Morgan fingerprint density at radius 3 is 3.00 bits per heavy atom. The molecule has 2 unspecified atom stereocenters. The normalized spacial score (nSPS) is 22.2. The third-order valence-corrected chi connectivity index (χ3v) is 2.98. The largest absolute Gasteiger partial charge is 0.434 e. The van der Waals surface area contributed by atoms with Gasteiger partial charge < -0.3 is 20.3 Å². The standard InChI is InChI=1S/C10H16N4O4/c15-8-1-3-12(5-8)6-9(16)7-13-4-2-11-10(13)14(17)18/h2,4,8-9,15-16H,1,3,5-7H2. The Balaban J connectivity index is 1.88. The molecule has 1 saturated heterocycles. The SMILES string of the molecule is O=[N+]([O-])c1nccn1CC(O)CN1CCC(O)C1. The van der Waals surface area contributed by atoms with Crippen molar-refractivity contribution in [2.75, 3.05) is 19.6 Å². The Morgan fingerprint density at radius 2 is 2.39 bits per heavy atom. The van der Waals surface area contributed by atoms with Crippen molar-refractivity contribution in [2.24, 2.45) is 0 Å². The van der Waals surface area contributed by atoms with Gasteiger partial charge in [-0.2, -0.15) is 0 Å². The molecule has 1 aromatic rings. The molecule has 2 rings (SSSR count). The molecule has 1 aliphatic rings. The molecule has 2 N–H and O–H groups in total. The fraction of sp³-hybridized carbons (Fsp3) is 0.700. The molecule has 0 aromatic carbocycles. The lowest BCUT2D eigenvalue weighted by Crippen LogP contribution is -2.33. The summed E-state index contributed by atoms with van der Waals surface area (Å²) >= 11 is 0. The number of rotatable bonds is 5. The summed E-state index contributed by atoms with van der Waals surface area (Å²) in [6, 6.07) is 0. The molecule has 0 saturated carbocycles. The van der Waals surface area contributed by atoms with Crippen LogP contribution in [0.1, 0.15) is 6.42 Å². The average Bonchev–Trinajstić information content (AvgIpc) is 2.87. The monoisotopic (exact) mass is 256 g/mol. The van der Waals surface area contributed by atoms with Crippen LogP contribution in [-0.2, 0) is 6.54 Å². The Bertz CT molecular complexity index is 422. The maximum Gasteiger partial charge on any atom is 0.434 e. The topological polar surface area (TPSA) is 105 Å². The maximum absolute atomic E-state index is 10.6. The van der Waals surface area contributed by atoms with Crippen LogP contribution >= 0.6 is 0 Å². The molecule has 100 valence electrons. The summed E-state index contributed by atoms with van der Waals surface area (Å²) in [5.41, 5.74) is 0. The highest BCUT2D eigenvalue weighted by molar-refractivity contribution is 5.06. The lowest BCUT2D eigenvalue weighted by atomic mass is 10.3. The highest BCUT2D eigenvalue weighted by Gasteiger charge is 2.24. The van der Waals surface area contributed by atoms with Gasteiger partial charge in [0.1, 0.15) is 12.4 Å². The lowest BCUT2D eigenvalue weighted by molar-refractivity contribution is -0.397. The van der Waals surface area contributed by atoms with E-state index in [1.807, 2.05) is 4.90 Å². The second-order valence-electron chi connectivity index (χ2n) is 4.49. The number of hydrogen-bond donors (Lipinski definition) is 2. The van der Waals surface area contributed by atoms with Gasteiger partial charge in [0.05, 0.1) is 18.8 Å². The van der Waals surface area contributed by atoms with E-state index in [9.17, 15) is 20.3 Å². The molecule has 2 heterocycles. The molecule has 0 bridgehead atoms. The number of aliphatic hydroxyl groups excluding tert-OH is 2. The fourth-order valence-corrected chi connectivity index (χ4v) is 2.18. The van der Waals surface area contributed by atoms with E-state index in [0.29, 0.717) is 19.5 Å². The van der Waals surface area contributed by atoms with Gasteiger partial charge in [0.15, 0.2) is 0 Å². The molecule has 1 fully saturated rings. The van der Waals surface area contributed by atoms with Crippen molar-refractivity contribution in [1.29, 1.82) is 0 Å². The molecule has 2 atom stereocenters. The molecule has 8 nitrogen and oxygen atoms in total. The van der Waals surface area contributed by atoms with Crippen LogP contribution in [0, 0.1) is 10.1 Å². The molecular weight excluding hydrogens is 240 g/mol. The Kier molecular flexibility index (Phi) is 3.90. The van der Waals surface area contributed by atoms with Crippen LogP contribution in [0.2, 0.25) is 0 Å². The third-order valence-electron chi connectivity index (χ3n) is 2.98. The summed E-state index contributed by atoms with van der Waals surface area (Å²) in [4.78, 5) is 15.6. The molecular formula is C10H16N4O4. The Hall–Kier alpha value is -1.51. The van der Waals surface area contributed by atoms with Crippen LogP contribution < -0.4 is 0 Å². The number of β-amino-alcohol motifs (C(OH)–C–C–N with tert-alkyl or cyclic N) is 2. The van der Waals surface area contributed by atoms with Crippen molar-refractivity contribution in [3.63, 3.8) is 0 Å². The molecule has 1 aromatic heterocycles. The fourth-order valence-electron chi connectivity index (χ4n) is 2.18. The first-order chi connectivity index (χ1) is 8.56. The number of nitrogens with zero attached hydrogens (tertiary/aromatic N) is 4. The molecule has 1 aliphatic heterocycles. The van der Waals surface area contributed by atoms with Gasteiger partial charge in [-0.3, -0.25) is 4.90 Å². The van der Waals surface area contributed by atoms with E-state index in [1.54, 1.807) is 0 Å². The quantitative estimate of drug-likeness (QED) is 0.529. The second-order valence-corrected chi connectivity index (χ2v) is 4.49. The average molecular weight is 256 g/mol. The number of aliphatic hydroxyl groups is 2.